The highest BCUT2D eigenvalue weighted by Crippen LogP contribution is 2.07. The summed E-state index contributed by atoms with van der Waals surface area (Å²) >= 11 is 0. The number of rotatable bonds is 8. The van der Waals surface area contributed by atoms with E-state index in [1.807, 2.05) is 19.9 Å². The molecular weight excluding hydrogens is 156 g/mol. The van der Waals surface area contributed by atoms with E-state index in [9.17, 15) is 0 Å². The Hall–Kier alpha value is -0.260. The van der Waals surface area contributed by atoms with Crippen LogP contribution < -0.4 is 0 Å². The van der Waals surface area contributed by atoms with Gasteiger partial charge >= 0.3 is 0 Å². The minimum Gasteiger partial charge on any atom is -0.103 e. The summed E-state index contributed by atoms with van der Waals surface area (Å²) in [5.41, 5.74) is 0. The molecule has 0 heteroatoms. The van der Waals surface area contributed by atoms with Crippen LogP contribution in [0.25, 0.3) is 0 Å². The van der Waals surface area contributed by atoms with E-state index in [0.29, 0.717) is 0 Å². The Morgan fingerprint density at radius 3 is 1.77 bits per heavy atom. The van der Waals surface area contributed by atoms with Crippen molar-refractivity contribution in [2.24, 2.45) is 0 Å². The van der Waals surface area contributed by atoms with Gasteiger partial charge in [-0.3, -0.25) is 0 Å². The van der Waals surface area contributed by atoms with Crippen molar-refractivity contribution in [1.29, 1.82) is 0 Å². The summed E-state index contributed by atoms with van der Waals surface area (Å²) in [6.45, 7) is 9.97. The zero-order chi connectivity index (χ0) is 10.4. The molecule has 0 bridgehead atoms. The molecule has 0 spiro atoms. The Kier molecular flexibility index (Phi) is 20.8. The van der Waals surface area contributed by atoms with Crippen LogP contribution in [0.4, 0.5) is 0 Å². The van der Waals surface area contributed by atoms with Crippen molar-refractivity contribution in [3.8, 4) is 0 Å². The molecule has 0 rings (SSSR count). The SMILES string of the molecule is C=CCCCCCCCCC.CC. The summed E-state index contributed by atoms with van der Waals surface area (Å²) in [6, 6.07) is 0. The second kappa shape index (κ2) is 17.7. The van der Waals surface area contributed by atoms with Gasteiger partial charge in [0.2, 0.25) is 0 Å². The molecule has 0 aromatic carbocycles. The summed E-state index contributed by atoms with van der Waals surface area (Å²) < 4.78 is 0. The normalized spacial score (nSPS) is 8.85. The molecule has 0 aliphatic rings. The smallest absolute Gasteiger partial charge is 0.0353 e. The number of allylic oxidation sites excluding steroid dienone is 1. The molecule has 0 amide bonds. The van der Waals surface area contributed by atoms with Crippen molar-refractivity contribution < 1.29 is 0 Å². The van der Waals surface area contributed by atoms with E-state index >= 15 is 0 Å². The fraction of sp³-hybridized carbons (Fsp3) is 0.846. The first-order valence-electron chi connectivity index (χ1n) is 6.02. The summed E-state index contributed by atoms with van der Waals surface area (Å²) in [4.78, 5) is 0. The average molecular weight is 184 g/mol. The summed E-state index contributed by atoms with van der Waals surface area (Å²) in [5.74, 6) is 0. The number of hydrogen-bond donors (Lipinski definition) is 0. The van der Waals surface area contributed by atoms with Gasteiger partial charge in [-0.15, -0.1) is 6.58 Å². The highest BCUT2D eigenvalue weighted by molar-refractivity contribution is 4.65. The molecule has 0 aliphatic heterocycles. The Bertz CT molecular complexity index is 74.1. The molecule has 0 aromatic rings. The Morgan fingerprint density at radius 1 is 0.846 bits per heavy atom. The van der Waals surface area contributed by atoms with Gasteiger partial charge in [-0.05, 0) is 12.8 Å². The van der Waals surface area contributed by atoms with Gasteiger partial charge in [0.1, 0.15) is 0 Å². The summed E-state index contributed by atoms with van der Waals surface area (Å²) in [7, 11) is 0. The van der Waals surface area contributed by atoms with Gasteiger partial charge in [0.15, 0.2) is 0 Å². The van der Waals surface area contributed by atoms with Crippen LogP contribution in [0.1, 0.15) is 72.1 Å². The first kappa shape index (κ1) is 15.2. The Morgan fingerprint density at radius 2 is 1.31 bits per heavy atom. The predicted octanol–water partition coefficient (Wildman–Crippen LogP) is 5.34. The monoisotopic (exact) mass is 184 g/mol. The van der Waals surface area contributed by atoms with Crippen molar-refractivity contribution in [2.45, 2.75) is 72.1 Å². The Balaban J connectivity index is 0. The maximum Gasteiger partial charge on any atom is -0.0353 e. The minimum atomic E-state index is 1.20. The van der Waals surface area contributed by atoms with E-state index in [1.54, 1.807) is 0 Å². The molecular formula is C13H28. The lowest BCUT2D eigenvalue weighted by Gasteiger charge is -1.98. The molecule has 0 N–H and O–H groups in total. The number of hydrogen-bond acceptors (Lipinski definition) is 0. The maximum absolute atomic E-state index is 3.71. The lowest BCUT2D eigenvalue weighted by atomic mass is 10.1. The van der Waals surface area contributed by atoms with Gasteiger partial charge in [0, 0.05) is 0 Å². The van der Waals surface area contributed by atoms with Crippen LogP contribution in [0, 0.1) is 0 Å². The molecule has 0 nitrogen and oxygen atoms in total. The molecule has 0 saturated heterocycles. The van der Waals surface area contributed by atoms with Crippen molar-refractivity contribution in [2.75, 3.05) is 0 Å². The van der Waals surface area contributed by atoms with Crippen LogP contribution in [-0.4, -0.2) is 0 Å². The maximum atomic E-state index is 3.71. The standard InChI is InChI=1S/C11H22.C2H6/c1-3-5-7-9-11-10-8-6-4-2;1-2/h3H,1,4-11H2,2H3;1-2H3. The van der Waals surface area contributed by atoms with Crippen molar-refractivity contribution in [3.63, 3.8) is 0 Å². The quantitative estimate of drug-likeness (QED) is 0.353. The lowest BCUT2D eigenvalue weighted by Crippen LogP contribution is -1.78. The molecule has 0 saturated carbocycles. The second-order valence-electron chi connectivity index (χ2n) is 3.20. The van der Waals surface area contributed by atoms with Crippen LogP contribution >= 0.6 is 0 Å². The molecule has 0 aliphatic carbocycles. The molecule has 0 atom stereocenters. The van der Waals surface area contributed by atoms with Crippen LogP contribution in [-0.2, 0) is 0 Å². The third-order valence-electron chi connectivity index (χ3n) is 2.01. The van der Waals surface area contributed by atoms with Crippen LogP contribution in [0.3, 0.4) is 0 Å². The summed E-state index contributed by atoms with van der Waals surface area (Å²) in [5, 5.41) is 0. The number of unbranched alkanes of at least 4 members (excludes halogenated alkanes) is 7. The van der Waals surface area contributed by atoms with E-state index in [1.165, 1.54) is 51.4 Å². The van der Waals surface area contributed by atoms with E-state index < -0.39 is 0 Å². The molecule has 13 heavy (non-hydrogen) atoms. The average Bonchev–Trinajstić information content (AvgIpc) is 2.20. The van der Waals surface area contributed by atoms with Gasteiger partial charge in [-0.25, -0.2) is 0 Å². The molecule has 0 fully saturated rings. The topological polar surface area (TPSA) is 0 Å². The highest BCUT2D eigenvalue weighted by Gasteiger charge is 1.88. The van der Waals surface area contributed by atoms with Crippen molar-refractivity contribution in [3.05, 3.63) is 12.7 Å². The van der Waals surface area contributed by atoms with E-state index in [0.717, 1.165) is 0 Å². The molecule has 0 radical (unpaired) electrons. The van der Waals surface area contributed by atoms with Gasteiger partial charge in [0.25, 0.3) is 0 Å². The molecule has 0 heterocycles. The molecule has 80 valence electrons. The lowest BCUT2D eigenvalue weighted by molar-refractivity contribution is 0.592. The second-order valence-corrected chi connectivity index (χ2v) is 3.20. The highest BCUT2D eigenvalue weighted by atomic mass is 13.9. The van der Waals surface area contributed by atoms with E-state index in [-0.39, 0.29) is 0 Å². The van der Waals surface area contributed by atoms with Crippen LogP contribution in [0.2, 0.25) is 0 Å². The van der Waals surface area contributed by atoms with Crippen LogP contribution in [0.15, 0.2) is 12.7 Å². The van der Waals surface area contributed by atoms with E-state index in [4.69, 9.17) is 0 Å². The van der Waals surface area contributed by atoms with Gasteiger partial charge in [-0.1, -0.05) is 65.4 Å². The molecule has 0 unspecified atom stereocenters. The van der Waals surface area contributed by atoms with Crippen LogP contribution in [0.5, 0.6) is 0 Å². The fourth-order valence-electron chi connectivity index (χ4n) is 1.25. The minimum absolute atomic E-state index is 1.20. The van der Waals surface area contributed by atoms with Gasteiger partial charge in [-0.2, -0.15) is 0 Å². The van der Waals surface area contributed by atoms with E-state index in [2.05, 4.69) is 13.5 Å². The predicted molar refractivity (Wildman–Crippen MR) is 64.2 cm³/mol. The first-order chi connectivity index (χ1) is 6.41. The largest absolute Gasteiger partial charge is 0.103 e. The van der Waals surface area contributed by atoms with Crippen molar-refractivity contribution in [1.82, 2.24) is 0 Å². The third-order valence-corrected chi connectivity index (χ3v) is 2.01. The zero-order valence-electron chi connectivity index (χ0n) is 9.94. The van der Waals surface area contributed by atoms with Crippen molar-refractivity contribution >= 4 is 0 Å². The Labute approximate surface area is 85.4 Å². The summed E-state index contributed by atoms with van der Waals surface area (Å²) in [6.07, 6.45) is 13.0. The first-order valence-corrected chi connectivity index (χ1v) is 6.02. The fourth-order valence-corrected chi connectivity index (χ4v) is 1.25. The third kappa shape index (κ3) is 18.6. The van der Waals surface area contributed by atoms with Gasteiger partial charge < -0.3 is 0 Å². The molecule has 0 aromatic heterocycles. The zero-order valence-corrected chi connectivity index (χ0v) is 9.94. The van der Waals surface area contributed by atoms with Gasteiger partial charge in [0.05, 0.1) is 0 Å².